The minimum Gasteiger partial charge on any atom is -0.508 e. The highest BCUT2D eigenvalue weighted by atomic mass is 16.3. The Hall–Kier alpha value is -1.44. The smallest absolute Gasteiger partial charge is 0.116 e. The summed E-state index contributed by atoms with van der Waals surface area (Å²) in [4.78, 5) is 1.98. The molecule has 64 valence electrons. The van der Waals surface area contributed by atoms with E-state index in [0.717, 1.165) is 11.3 Å². The molecule has 1 aromatic rings. The van der Waals surface area contributed by atoms with Crippen molar-refractivity contribution < 1.29 is 5.11 Å². The number of phenolic OH excluding ortho intramolecular Hbond substituents is 1. The van der Waals surface area contributed by atoms with Crippen molar-refractivity contribution in [1.82, 2.24) is 0 Å². The van der Waals surface area contributed by atoms with Crippen LogP contribution in [0.2, 0.25) is 0 Å². The minimum atomic E-state index is 0.274. The summed E-state index contributed by atoms with van der Waals surface area (Å²) in [5.74, 6) is 0.274. The molecule has 0 aromatic heterocycles. The van der Waals surface area contributed by atoms with Crippen LogP contribution in [0.1, 0.15) is 5.56 Å². The first-order valence-corrected chi connectivity index (χ1v) is 3.78. The van der Waals surface area contributed by atoms with Gasteiger partial charge in [-0.05, 0) is 18.2 Å². The molecule has 0 atom stereocenters. The van der Waals surface area contributed by atoms with Crippen molar-refractivity contribution in [2.75, 3.05) is 19.0 Å². The third kappa shape index (κ3) is 1.59. The van der Waals surface area contributed by atoms with Gasteiger partial charge in [-0.15, -0.1) is 0 Å². The van der Waals surface area contributed by atoms with Gasteiger partial charge < -0.3 is 10.0 Å². The molecule has 0 saturated carbocycles. The number of hydrogen-bond acceptors (Lipinski definition) is 2. The third-order valence-electron chi connectivity index (χ3n) is 1.71. The lowest BCUT2D eigenvalue weighted by atomic mass is 10.1. The van der Waals surface area contributed by atoms with Gasteiger partial charge in [-0.3, -0.25) is 0 Å². The molecular formula is C10H13NO. The maximum atomic E-state index is 9.18. The fraction of sp³-hybridized carbons (Fsp3) is 0.200. The second-order valence-electron chi connectivity index (χ2n) is 2.84. The summed E-state index contributed by atoms with van der Waals surface area (Å²) in [6.45, 7) is 3.68. The molecule has 1 rings (SSSR count). The molecule has 2 nitrogen and oxygen atoms in total. The van der Waals surface area contributed by atoms with Crippen LogP contribution in [0.15, 0.2) is 24.8 Å². The standard InChI is InChI=1S/C10H13NO/c1-4-8-7-9(12)5-6-10(8)11(2)3/h4-7,12H,1H2,2-3H3. The number of nitrogens with zero attached hydrogens (tertiary/aromatic N) is 1. The third-order valence-corrected chi connectivity index (χ3v) is 1.71. The predicted octanol–water partition coefficient (Wildman–Crippen LogP) is 2.10. The van der Waals surface area contributed by atoms with Crippen LogP contribution in [-0.2, 0) is 0 Å². The molecule has 0 aliphatic heterocycles. The van der Waals surface area contributed by atoms with Gasteiger partial charge in [-0.25, -0.2) is 0 Å². The molecule has 0 fully saturated rings. The lowest BCUT2D eigenvalue weighted by molar-refractivity contribution is 0.475. The summed E-state index contributed by atoms with van der Waals surface area (Å²) in [6, 6.07) is 5.23. The van der Waals surface area contributed by atoms with Crippen molar-refractivity contribution in [2.45, 2.75) is 0 Å². The van der Waals surface area contributed by atoms with Crippen molar-refractivity contribution in [3.63, 3.8) is 0 Å². The van der Waals surface area contributed by atoms with Crippen molar-refractivity contribution in [2.24, 2.45) is 0 Å². The van der Waals surface area contributed by atoms with Gasteiger partial charge in [0.05, 0.1) is 0 Å². The molecule has 1 N–H and O–H groups in total. The fourth-order valence-corrected chi connectivity index (χ4v) is 1.11. The molecule has 0 aliphatic rings. The van der Waals surface area contributed by atoms with Gasteiger partial charge in [0.1, 0.15) is 5.75 Å². The van der Waals surface area contributed by atoms with Gasteiger partial charge in [-0.2, -0.15) is 0 Å². The molecule has 0 saturated heterocycles. The predicted molar refractivity (Wildman–Crippen MR) is 52.5 cm³/mol. The first-order valence-electron chi connectivity index (χ1n) is 3.78. The largest absolute Gasteiger partial charge is 0.508 e. The number of benzene rings is 1. The molecule has 0 bridgehead atoms. The van der Waals surface area contributed by atoms with E-state index in [1.807, 2.05) is 25.1 Å². The van der Waals surface area contributed by atoms with E-state index >= 15 is 0 Å². The highest BCUT2D eigenvalue weighted by molar-refractivity contribution is 5.67. The normalized spacial score (nSPS) is 9.50. The van der Waals surface area contributed by atoms with Crippen LogP contribution in [0.3, 0.4) is 0 Å². The summed E-state index contributed by atoms with van der Waals surface area (Å²) < 4.78 is 0. The molecular weight excluding hydrogens is 150 g/mol. The second kappa shape index (κ2) is 3.30. The topological polar surface area (TPSA) is 23.5 Å². The van der Waals surface area contributed by atoms with Crippen LogP contribution >= 0.6 is 0 Å². The Morgan fingerprint density at radius 3 is 2.58 bits per heavy atom. The molecule has 1 aromatic carbocycles. The quantitative estimate of drug-likeness (QED) is 0.721. The zero-order valence-corrected chi connectivity index (χ0v) is 7.41. The van der Waals surface area contributed by atoms with E-state index in [-0.39, 0.29) is 5.75 Å². The molecule has 0 amide bonds. The van der Waals surface area contributed by atoms with Crippen molar-refractivity contribution >= 4 is 11.8 Å². The lowest BCUT2D eigenvalue weighted by Crippen LogP contribution is -2.09. The SMILES string of the molecule is C=Cc1cc(O)ccc1N(C)C. The molecule has 0 spiro atoms. The average Bonchev–Trinajstić information content (AvgIpc) is 2.03. The molecule has 0 heterocycles. The molecule has 0 radical (unpaired) electrons. The zero-order chi connectivity index (χ0) is 9.14. The number of aromatic hydroxyl groups is 1. The molecule has 2 heteroatoms. The number of hydrogen-bond donors (Lipinski definition) is 1. The van der Waals surface area contributed by atoms with Crippen LogP contribution < -0.4 is 4.90 Å². The van der Waals surface area contributed by atoms with E-state index in [9.17, 15) is 5.11 Å². The van der Waals surface area contributed by atoms with Gasteiger partial charge in [-0.1, -0.05) is 12.7 Å². The molecule has 12 heavy (non-hydrogen) atoms. The number of phenols is 1. The zero-order valence-electron chi connectivity index (χ0n) is 7.41. The second-order valence-corrected chi connectivity index (χ2v) is 2.84. The lowest BCUT2D eigenvalue weighted by Gasteiger charge is -2.15. The Morgan fingerprint density at radius 2 is 2.08 bits per heavy atom. The Balaban J connectivity index is 3.20. The summed E-state index contributed by atoms with van der Waals surface area (Å²) >= 11 is 0. The summed E-state index contributed by atoms with van der Waals surface area (Å²) in [5, 5.41) is 9.18. The average molecular weight is 163 g/mol. The number of anilines is 1. The van der Waals surface area contributed by atoms with Crippen LogP contribution in [0.25, 0.3) is 6.08 Å². The first-order chi connectivity index (χ1) is 5.65. The van der Waals surface area contributed by atoms with Gasteiger partial charge in [0.25, 0.3) is 0 Å². The monoisotopic (exact) mass is 163 g/mol. The van der Waals surface area contributed by atoms with Gasteiger partial charge in [0.15, 0.2) is 0 Å². The van der Waals surface area contributed by atoms with E-state index < -0.39 is 0 Å². The Bertz CT molecular complexity index is 292. The van der Waals surface area contributed by atoms with Crippen LogP contribution in [0, 0.1) is 0 Å². The molecule has 0 aliphatic carbocycles. The summed E-state index contributed by atoms with van der Waals surface area (Å²) in [7, 11) is 3.92. The Kier molecular flexibility index (Phi) is 2.38. The van der Waals surface area contributed by atoms with Gasteiger partial charge >= 0.3 is 0 Å². The van der Waals surface area contributed by atoms with E-state index in [1.165, 1.54) is 0 Å². The number of rotatable bonds is 2. The van der Waals surface area contributed by atoms with E-state index in [1.54, 1.807) is 18.2 Å². The van der Waals surface area contributed by atoms with Crippen molar-refractivity contribution in [3.8, 4) is 5.75 Å². The van der Waals surface area contributed by atoms with Gasteiger partial charge in [0.2, 0.25) is 0 Å². The summed E-state index contributed by atoms with van der Waals surface area (Å²) in [5.41, 5.74) is 2.00. The summed E-state index contributed by atoms with van der Waals surface area (Å²) in [6.07, 6.45) is 1.73. The maximum absolute atomic E-state index is 9.18. The van der Waals surface area contributed by atoms with E-state index in [0.29, 0.717) is 0 Å². The maximum Gasteiger partial charge on any atom is 0.116 e. The molecule has 0 unspecified atom stereocenters. The fourth-order valence-electron chi connectivity index (χ4n) is 1.11. The van der Waals surface area contributed by atoms with Crippen LogP contribution in [-0.4, -0.2) is 19.2 Å². The van der Waals surface area contributed by atoms with Crippen molar-refractivity contribution in [3.05, 3.63) is 30.3 Å². The van der Waals surface area contributed by atoms with Gasteiger partial charge in [0, 0.05) is 25.3 Å². The Morgan fingerprint density at radius 1 is 1.42 bits per heavy atom. The highest BCUT2D eigenvalue weighted by Crippen LogP contribution is 2.23. The van der Waals surface area contributed by atoms with E-state index in [2.05, 4.69) is 6.58 Å². The Labute approximate surface area is 72.8 Å². The van der Waals surface area contributed by atoms with Crippen molar-refractivity contribution in [1.29, 1.82) is 0 Å². The van der Waals surface area contributed by atoms with E-state index in [4.69, 9.17) is 0 Å². The van der Waals surface area contributed by atoms with Crippen LogP contribution in [0.4, 0.5) is 5.69 Å². The minimum absolute atomic E-state index is 0.274. The van der Waals surface area contributed by atoms with Crippen LogP contribution in [0.5, 0.6) is 5.75 Å². The highest BCUT2D eigenvalue weighted by Gasteiger charge is 2.01. The first kappa shape index (κ1) is 8.65.